The van der Waals surface area contributed by atoms with Gasteiger partial charge in [0.05, 0.1) is 13.7 Å². The standard InChI is InChI=1S/C20H25N3O3/c1-3-26-17-10-6-15(7-11-17)18-12-19(23-22-18)20(24)21-13-14-4-8-16(25-2)9-5-14/h4-11,18-19,22-23H,3,12-13H2,1-2H3,(H,21,24). The molecule has 138 valence electrons. The van der Waals surface area contributed by atoms with E-state index >= 15 is 0 Å². The third-order valence-corrected chi connectivity index (χ3v) is 4.44. The number of amides is 1. The van der Waals surface area contributed by atoms with Gasteiger partial charge >= 0.3 is 0 Å². The first-order chi connectivity index (χ1) is 12.7. The van der Waals surface area contributed by atoms with E-state index in [4.69, 9.17) is 9.47 Å². The largest absolute Gasteiger partial charge is 0.497 e. The van der Waals surface area contributed by atoms with Gasteiger partial charge in [-0.1, -0.05) is 24.3 Å². The molecule has 0 spiro atoms. The van der Waals surface area contributed by atoms with E-state index < -0.39 is 0 Å². The number of ether oxygens (including phenoxy) is 2. The van der Waals surface area contributed by atoms with E-state index in [1.165, 1.54) is 0 Å². The summed E-state index contributed by atoms with van der Waals surface area (Å²) in [6, 6.07) is 15.5. The molecule has 1 saturated heterocycles. The summed E-state index contributed by atoms with van der Waals surface area (Å²) in [6.45, 7) is 3.11. The molecule has 0 aliphatic carbocycles. The molecule has 2 atom stereocenters. The highest BCUT2D eigenvalue weighted by atomic mass is 16.5. The van der Waals surface area contributed by atoms with Crippen LogP contribution >= 0.6 is 0 Å². The maximum absolute atomic E-state index is 12.4. The minimum atomic E-state index is -0.259. The van der Waals surface area contributed by atoms with Crippen LogP contribution in [-0.4, -0.2) is 25.7 Å². The number of carbonyl (C=O) groups excluding carboxylic acids is 1. The Hall–Kier alpha value is -2.57. The normalized spacial score (nSPS) is 19.2. The molecule has 2 aromatic rings. The SMILES string of the molecule is CCOc1ccc(C2CC(C(=O)NCc3ccc(OC)cc3)NN2)cc1. The fourth-order valence-electron chi connectivity index (χ4n) is 2.97. The molecule has 1 fully saturated rings. The topological polar surface area (TPSA) is 71.6 Å². The van der Waals surface area contributed by atoms with Crippen LogP contribution in [0.15, 0.2) is 48.5 Å². The molecule has 1 amide bonds. The molecule has 0 aromatic heterocycles. The molecule has 0 saturated carbocycles. The molecule has 1 heterocycles. The van der Waals surface area contributed by atoms with Gasteiger partial charge in [0.2, 0.25) is 5.91 Å². The van der Waals surface area contributed by atoms with E-state index in [0.717, 1.165) is 22.6 Å². The average molecular weight is 355 g/mol. The number of hydrogen-bond acceptors (Lipinski definition) is 5. The van der Waals surface area contributed by atoms with Crippen molar-refractivity contribution >= 4 is 5.91 Å². The van der Waals surface area contributed by atoms with Gasteiger partial charge in [-0.15, -0.1) is 0 Å². The predicted molar refractivity (Wildman–Crippen MR) is 99.9 cm³/mol. The fourth-order valence-corrected chi connectivity index (χ4v) is 2.97. The zero-order valence-corrected chi connectivity index (χ0v) is 15.1. The highest BCUT2D eigenvalue weighted by Gasteiger charge is 2.29. The van der Waals surface area contributed by atoms with Crippen LogP contribution in [0.3, 0.4) is 0 Å². The Labute approximate surface area is 153 Å². The van der Waals surface area contributed by atoms with E-state index in [1.54, 1.807) is 7.11 Å². The second-order valence-corrected chi connectivity index (χ2v) is 6.20. The van der Waals surface area contributed by atoms with Crippen molar-refractivity contribution in [3.63, 3.8) is 0 Å². The van der Waals surface area contributed by atoms with E-state index in [0.29, 0.717) is 19.6 Å². The third kappa shape index (κ3) is 4.53. The minimum Gasteiger partial charge on any atom is -0.497 e. The molecule has 6 nitrogen and oxygen atoms in total. The van der Waals surface area contributed by atoms with Gasteiger partial charge in [-0.05, 0) is 48.7 Å². The molecular weight excluding hydrogens is 330 g/mol. The lowest BCUT2D eigenvalue weighted by Gasteiger charge is -2.11. The highest BCUT2D eigenvalue weighted by molar-refractivity contribution is 5.82. The Morgan fingerprint density at radius 2 is 1.77 bits per heavy atom. The molecule has 3 N–H and O–H groups in total. The van der Waals surface area contributed by atoms with Crippen molar-refractivity contribution < 1.29 is 14.3 Å². The van der Waals surface area contributed by atoms with E-state index in [9.17, 15) is 4.79 Å². The van der Waals surface area contributed by atoms with Gasteiger partial charge in [-0.3, -0.25) is 4.79 Å². The number of carbonyl (C=O) groups is 1. The lowest BCUT2D eigenvalue weighted by atomic mass is 10.0. The van der Waals surface area contributed by atoms with Crippen LogP contribution < -0.4 is 25.6 Å². The lowest BCUT2D eigenvalue weighted by Crippen LogP contribution is -2.42. The van der Waals surface area contributed by atoms with E-state index in [-0.39, 0.29) is 18.0 Å². The molecule has 2 aromatic carbocycles. The lowest BCUT2D eigenvalue weighted by molar-refractivity contribution is -0.123. The summed E-state index contributed by atoms with van der Waals surface area (Å²) >= 11 is 0. The Morgan fingerprint density at radius 3 is 2.42 bits per heavy atom. The second kappa shape index (κ2) is 8.69. The maximum atomic E-state index is 12.4. The molecule has 0 bridgehead atoms. The van der Waals surface area contributed by atoms with Gasteiger partial charge in [-0.2, -0.15) is 0 Å². The van der Waals surface area contributed by atoms with Crippen LogP contribution in [0.1, 0.15) is 30.5 Å². The van der Waals surface area contributed by atoms with Crippen molar-refractivity contribution in [3.05, 3.63) is 59.7 Å². The van der Waals surface area contributed by atoms with Gasteiger partial charge < -0.3 is 14.8 Å². The zero-order valence-electron chi connectivity index (χ0n) is 15.1. The van der Waals surface area contributed by atoms with Crippen LogP contribution in [0, 0.1) is 0 Å². The Bertz CT molecular complexity index is 716. The molecule has 2 unspecified atom stereocenters. The van der Waals surface area contributed by atoms with Gasteiger partial charge in [-0.25, -0.2) is 10.9 Å². The number of methoxy groups -OCH3 is 1. The second-order valence-electron chi connectivity index (χ2n) is 6.20. The molecular formula is C20H25N3O3. The number of benzene rings is 2. The van der Waals surface area contributed by atoms with E-state index in [2.05, 4.69) is 16.2 Å². The van der Waals surface area contributed by atoms with Crippen LogP contribution in [0.2, 0.25) is 0 Å². The first kappa shape index (κ1) is 18.2. The molecule has 6 heteroatoms. The Kier molecular flexibility index (Phi) is 6.09. The zero-order chi connectivity index (χ0) is 18.4. The molecule has 26 heavy (non-hydrogen) atoms. The molecule has 0 radical (unpaired) electrons. The van der Waals surface area contributed by atoms with Gasteiger partial charge in [0, 0.05) is 12.6 Å². The van der Waals surface area contributed by atoms with Gasteiger partial charge in [0.15, 0.2) is 0 Å². The number of nitrogens with one attached hydrogen (secondary N) is 3. The van der Waals surface area contributed by atoms with Crippen molar-refractivity contribution in [1.29, 1.82) is 0 Å². The molecule has 1 aliphatic heterocycles. The smallest absolute Gasteiger partial charge is 0.238 e. The average Bonchev–Trinajstić information content (AvgIpc) is 3.18. The maximum Gasteiger partial charge on any atom is 0.238 e. The van der Waals surface area contributed by atoms with Crippen LogP contribution in [0.4, 0.5) is 0 Å². The highest BCUT2D eigenvalue weighted by Crippen LogP contribution is 2.24. The summed E-state index contributed by atoms with van der Waals surface area (Å²) in [5.41, 5.74) is 8.45. The summed E-state index contributed by atoms with van der Waals surface area (Å²) < 4.78 is 10.6. The quantitative estimate of drug-likeness (QED) is 0.711. The van der Waals surface area contributed by atoms with E-state index in [1.807, 2.05) is 55.5 Å². The minimum absolute atomic E-state index is 0.0123. The third-order valence-electron chi connectivity index (χ3n) is 4.44. The van der Waals surface area contributed by atoms with Crippen LogP contribution in [-0.2, 0) is 11.3 Å². The number of hydrogen-bond donors (Lipinski definition) is 3. The summed E-state index contributed by atoms with van der Waals surface area (Å²) in [4.78, 5) is 12.4. The fraction of sp³-hybridized carbons (Fsp3) is 0.350. The summed E-state index contributed by atoms with van der Waals surface area (Å²) in [7, 11) is 1.64. The van der Waals surface area contributed by atoms with Gasteiger partial charge in [0.25, 0.3) is 0 Å². The van der Waals surface area contributed by atoms with Crippen molar-refractivity contribution in [3.8, 4) is 11.5 Å². The summed E-state index contributed by atoms with van der Waals surface area (Å²) in [5.74, 6) is 1.65. The monoisotopic (exact) mass is 355 g/mol. The first-order valence-electron chi connectivity index (χ1n) is 8.84. The van der Waals surface area contributed by atoms with Crippen LogP contribution in [0.5, 0.6) is 11.5 Å². The Balaban J connectivity index is 1.50. The molecule has 1 aliphatic rings. The van der Waals surface area contributed by atoms with Crippen molar-refractivity contribution in [2.75, 3.05) is 13.7 Å². The number of rotatable bonds is 7. The summed E-state index contributed by atoms with van der Waals surface area (Å²) in [6.07, 6.45) is 0.697. The first-order valence-corrected chi connectivity index (χ1v) is 8.84. The molecule has 3 rings (SSSR count). The number of hydrazine groups is 1. The van der Waals surface area contributed by atoms with Crippen LogP contribution in [0.25, 0.3) is 0 Å². The van der Waals surface area contributed by atoms with Crippen molar-refractivity contribution in [2.24, 2.45) is 0 Å². The Morgan fingerprint density at radius 1 is 1.08 bits per heavy atom. The van der Waals surface area contributed by atoms with Gasteiger partial charge in [0.1, 0.15) is 17.5 Å². The predicted octanol–water partition coefficient (Wildman–Crippen LogP) is 2.32. The summed E-state index contributed by atoms with van der Waals surface area (Å²) in [5, 5.41) is 2.97. The van der Waals surface area contributed by atoms with Crippen molar-refractivity contribution in [2.45, 2.75) is 32.0 Å². The van der Waals surface area contributed by atoms with Crippen molar-refractivity contribution in [1.82, 2.24) is 16.2 Å².